The topological polar surface area (TPSA) is 63.1 Å². The zero-order valence-electron chi connectivity index (χ0n) is 10.4. The van der Waals surface area contributed by atoms with Gasteiger partial charge in [-0.2, -0.15) is 10.2 Å². The number of aromatic nitrogens is 2. The smallest absolute Gasteiger partial charge is 0.313 e. The Morgan fingerprint density at radius 3 is 2.58 bits per heavy atom. The van der Waals surface area contributed by atoms with Crippen molar-refractivity contribution in [2.24, 2.45) is 0 Å². The Kier molecular flexibility index (Phi) is 4.12. The summed E-state index contributed by atoms with van der Waals surface area (Å²) in [5.74, 6) is -1.67. The third-order valence-electron chi connectivity index (χ3n) is 2.86. The molecule has 19 heavy (non-hydrogen) atoms. The van der Waals surface area contributed by atoms with Gasteiger partial charge in [-0.1, -0.05) is 29.8 Å². The number of hydrogen-bond donors (Lipinski definition) is 1. The predicted octanol–water partition coefficient (Wildman–Crippen LogP) is 2.85. The van der Waals surface area contributed by atoms with E-state index in [-0.39, 0.29) is 0 Å². The van der Waals surface area contributed by atoms with E-state index >= 15 is 0 Å². The first-order valence-electron chi connectivity index (χ1n) is 5.84. The maximum Gasteiger partial charge on any atom is 0.313 e. The van der Waals surface area contributed by atoms with Crippen LogP contribution in [0.25, 0.3) is 0 Å². The second kappa shape index (κ2) is 5.80. The van der Waals surface area contributed by atoms with Crippen molar-refractivity contribution in [2.45, 2.75) is 19.3 Å². The SMILES string of the molecule is Cc1ccc(C(Cc2ccccc2Cl)C(=O)O)nn1. The zero-order valence-corrected chi connectivity index (χ0v) is 11.1. The van der Waals surface area contributed by atoms with Gasteiger partial charge in [-0.05, 0) is 37.1 Å². The highest BCUT2D eigenvalue weighted by molar-refractivity contribution is 6.31. The van der Waals surface area contributed by atoms with E-state index in [0.29, 0.717) is 17.1 Å². The molecule has 1 aromatic heterocycles. The van der Waals surface area contributed by atoms with Crippen molar-refractivity contribution in [1.82, 2.24) is 10.2 Å². The van der Waals surface area contributed by atoms with Gasteiger partial charge in [0.05, 0.1) is 11.4 Å². The van der Waals surface area contributed by atoms with E-state index < -0.39 is 11.9 Å². The van der Waals surface area contributed by atoms with Gasteiger partial charge in [-0.25, -0.2) is 0 Å². The maximum absolute atomic E-state index is 11.4. The van der Waals surface area contributed by atoms with E-state index in [1.54, 1.807) is 25.1 Å². The third-order valence-corrected chi connectivity index (χ3v) is 3.22. The van der Waals surface area contributed by atoms with Crippen LogP contribution < -0.4 is 0 Å². The lowest BCUT2D eigenvalue weighted by molar-refractivity contribution is -0.138. The number of nitrogens with zero attached hydrogens (tertiary/aromatic N) is 2. The normalized spacial score (nSPS) is 12.1. The predicted molar refractivity (Wildman–Crippen MR) is 72.3 cm³/mol. The van der Waals surface area contributed by atoms with Crippen LogP contribution in [0.15, 0.2) is 36.4 Å². The van der Waals surface area contributed by atoms with Crippen molar-refractivity contribution < 1.29 is 9.90 Å². The molecule has 1 N–H and O–H groups in total. The largest absolute Gasteiger partial charge is 0.481 e. The zero-order chi connectivity index (χ0) is 13.8. The molecule has 0 spiro atoms. The molecule has 1 aromatic carbocycles. The molecule has 2 aromatic rings. The molecule has 0 saturated heterocycles. The van der Waals surface area contributed by atoms with E-state index in [1.165, 1.54) is 0 Å². The fourth-order valence-electron chi connectivity index (χ4n) is 1.80. The van der Waals surface area contributed by atoms with Gasteiger partial charge in [0.15, 0.2) is 0 Å². The Balaban J connectivity index is 2.29. The van der Waals surface area contributed by atoms with Crippen LogP contribution in [0.4, 0.5) is 0 Å². The molecule has 1 unspecified atom stereocenters. The van der Waals surface area contributed by atoms with Crippen LogP contribution in [-0.2, 0) is 11.2 Å². The monoisotopic (exact) mass is 276 g/mol. The molecule has 1 heterocycles. The molecule has 4 nitrogen and oxygen atoms in total. The number of carboxylic acids is 1. The van der Waals surface area contributed by atoms with Crippen molar-refractivity contribution >= 4 is 17.6 Å². The summed E-state index contributed by atoms with van der Waals surface area (Å²) in [5.41, 5.74) is 1.99. The third kappa shape index (κ3) is 3.29. The molecule has 0 aliphatic carbocycles. The van der Waals surface area contributed by atoms with E-state index in [2.05, 4.69) is 10.2 Å². The van der Waals surface area contributed by atoms with Gasteiger partial charge < -0.3 is 5.11 Å². The molecule has 1 atom stereocenters. The molecular formula is C14H13ClN2O2. The molecule has 0 radical (unpaired) electrons. The molecule has 0 aliphatic rings. The van der Waals surface area contributed by atoms with Gasteiger partial charge >= 0.3 is 5.97 Å². The van der Waals surface area contributed by atoms with E-state index in [1.807, 2.05) is 18.2 Å². The van der Waals surface area contributed by atoms with Crippen molar-refractivity contribution in [3.63, 3.8) is 0 Å². The maximum atomic E-state index is 11.4. The molecule has 5 heteroatoms. The molecule has 0 aliphatic heterocycles. The first-order chi connectivity index (χ1) is 9.08. The Labute approximate surface area is 116 Å². The highest BCUT2D eigenvalue weighted by Gasteiger charge is 2.23. The summed E-state index contributed by atoms with van der Waals surface area (Å²) in [7, 11) is 0. The second-order valence-corrected chi connectivity index (χ2v) is 4.69. The number of carbonyl (C=O) groups is 1. The first kappa shape index (κ1) is 13.5. The summed E-state index contributed by atoms with van der Waals surface area (Å²) in [6, 6.07) is 10.7. The molecular weight excluding hydrogens is 264 g/mol. The van der Waals surface area contributed by atoms with Gasteiger partial charge in [-0.15, -0.1) is 0 Å². The molecule has 98 valence electrons. The highest BCUT2D eigenvalue weighted by Crippen LogP contribution is 2.24. The average molecular weight is 277 g/mol. The summed E-state index contributed by atoms with van der Waals surface area (Å²) >= 11 is 6.06. The number of carboxylic acid groups (broad SMARTS) is 1. The van der Waals surface area contributed by atoms with Gasteiger partial charge in [0.1, 0.15) is 5.92 Å². The summed E-state index contributed by atoms with van der Waals surface area (Å²) in [5, 5.41) is 17.8. The molecule has 0 amide bonds. The van der Waals surface area contributed by atoms with E-state index in [4.69, 9.17) is 11.6 Å². The Bertz CT molecular complexity index is 584. The number of aryl methyl sites for hydroxylation is 1. The number of halogens is 1. The number of aliphatic carboxylic acids is 1. The number of rotatable bonds is 4. The van der Waals surface area contributed by atoms with Crippen molar-refractivity contribution in [2.75, 3.05) is 0 Å². The van der Waals surface area contributed by atoms with Crippen LogP contribution >= 0.6 is 11.6 Å². The summed E-state index contributed by atoms with van der Waals surface area (Å²) in [4.78, 5) is 11.4. The van der Waals surface area contributed by atoms with Crippen LogP contribution in [-0.4, -0.2) is 21.3 Å². The van der Waals surface area contributed by atoms with Gasteiger partial charge in [0, 0.05) is 5.02 Å². The van der Waals surface area contributed by atoms with E-state index in [0.717, 1.165) is 11.3 Å². The summed E-state index contributed by atoms with van der Waals surface area (Å²) in [6.45, 7) is 1.81. The van der Waals surface area contributed by atoms with E-state index in [9.17, 15) is 9.90 Å². The fraction of sp³-hybridized carbons (Fsp3) is 0.214. The highest BCUT2D eigenvalue weighted by atomic mass is 35.5. The van der Waals surface area contributed by atoms with Crippen LogP contribution in [0.5, 0.6) is 0 Å². The minimum atomic E-state index is -0.932. The average Bonchev–Trinajstić information content (AvgIpc) is 2.39. The molecule has 0 fully saturated rings. The van der Waals surface area contributed by atoms with Crippen molar-refractivity contribution in [3.8, 4) is 0 Å². The lowest BCUT2D eigenvalue weighted by atomic mass is 9.96. The molecule has 2 rings (SSSR count). The van der Waals surface area contributed by atoms with Gasteiger partial charge in [-0.3, -0.25) is 4.79 Å². The van der Waals surface area contributed by atoms with Gasteiger partial charge in [0.25, 0.3) is 0 Å². The lowest BCUT2D eigenvalue weighted by Crippen LogP contribution is -2.16. The summed E-state index contributed by atoms with van der Waals surface area (Å²) < 4.78 is 0. The van der Waals surface area contributed by atoms with Crippen LogP contribution in [0.1, 0.15) is 22.9 Å². The Morgan fingerprint density at radius 2 is 2.00 bits per heavy atom. The standard InChI is InChI=1S/C14H13ClN2O2/c1-9-6-7-13(17-16-9)11(14(18)19)8-10-4-2-3-5-12(10)15/h2-7,11H,8H2,1H3,(H,18,19). The molecule has 0 saturated carbocycles. The molecule has 0 bridgehead atoms. The van der Waals surface area contributed by atoms with Crippen LogP contribution in [0.3, 0.4) is 0 Å². The lowest BCUT2D eigenvalue weighted by Gasteiger charge is -2.12. The van der Waals surface area contributed by atoms with Crippen LogP contribution in [0.2, 0.25) is 5.02 Å². The number of hydrogen-bond acceptors (Lipinski definition) is 3. The quantitative estimate of drug-likeness (QED) is 0.933. The van der Waals surface area contributed by atoms with Crippen LogP contribution in [0, 0.1) is 6.92 Å². The fourth-order valence-corrected chi connectivity index (χ4v) is 2.01. The van der Waals surface area contributed by atoms with Gasteiger partial charge in [0.2, 0.25) is 0 Å². The Hall–Kier alpha value is -1.94. The summed E-state index contributed by atoms with van der Waals surface area (Å²) in [6.07, 6.45) is 0.298. The minimum Gasteiger partial charge on any atom is -0.481 e. The van der Waals surface area contributed by atoms with Crippen molar-refractivity contribution in [3.05, 3.63) is 58.4 Å². The van der Waals surface area contributed by atoms with Crippen molar-refractivity contribution in [1.29, 1.82) is 0 Å². The minimum absolute atomic E-state index is 0.298. The Morgan fingerprint density at radius 1 is 1.26 bits per heavy atom. The number of benzene rings is 1. The second-order valence-electron chi connectivity index (χ2n) is 4.29. The first-order valence-corrected chi connectivity index (χ1v) is 6.22.